The van der Waals surface area contributed by atoms with Crippen LogP contribution in [-0.2, 0) is 10.8 Å². The van der Waals surface area contributed by atoms with Crippen LogP contribution in [-0.4, -0.2) is 28.1 Å². The van der Waals surface area contributed by atoms with Crippen molar-refractivity contribution in [2.24, 2.45) is 0 Å². The molecule has 0 aromatic heterocycles. The van der Waals surface area contributed by atoms with Crippen molar-refractivity contribution in [1.29, 1.82) is 0 Å². The van der Waals surface area contributed by atoms with Crippen LogP contribution < -0.4 is 0 Å². The predicted octanol–water partition coefficient (Wildman–Crippen LogP) is 4.80. The van der Waals surface area contributed by atoms with E-state index < -0.39 is 22.5 Å². The number of rotatable bonds is 2. The van der Waals surface area contributed by atoms with Gasteiger partial charge < -0.3 is 4.43 Å². The third-order valence-electron chi connectivity index (χ3n) is 5.94. The average molecular weight is 323 g/mol. The Hall–Kier alpha value is -0.169. The Kier molecular flexibility index (Phi) is 4.00. The lowest BCUT2D eigenvalue weighted by molar-refractivity contribution is 0.101. The first-order valence-corrected chi connectivity index (χ1v) is 18.8. The normalized spacial score (nSPS) is 30.9. The van der Waals surface area contributed by atoms with Crippen LogP contribution in [0, 0.1) is 0 Å². The maximum absolute atomic E-state index is 6.85. The minimum absolute atomic E-state index is 0.0648. The monoisotopic (exact) mass is 322 g/mol. The molecule has 0 N–H and O–H groups in total. The Bertz CT molecular complexity index is 460. The van der Waals surface area contributed by atoms with Gasteiger partial charge in [-0.05, 0) is 38.0 Å². The molecule has 1 aliphatic heterocycles. The van der Waals surface area contributed by atoms with Gasteiger partial charge in [0.1, 0.15) is 0 Å². The first kappa shape index (κ1) is 16.2. The van der Waals surface area contributed by atoms with Crippen molar-refractivity contribution in [3.8, 4) is 0 Å². The summed E-state index contributed by atoms with van der Waals surface area (Å²) >= 11 is 0. The van der Waals surface area contributed by atoms with Gasteiger partial charge >= 0.3 is 0 Å². The van der Waals surface area contributed by atoms with Gasteiger partial charge in [-0.2, -0.15) is 0 Å². The molecule has 20 heavy (non-hydrogen) atoms. The van der Waals surface area contributed by atoms with E-state index in [2.05, 4.69) is 76.5 Å². The van der Waals surface area contributed by atoms with Gasteiger partial charge in [-0.25, -0.2) is 0 Å². The van der Waals surface area contributed by atoms with Gasteiger partial charge in [-0.3, -0.25) is 0 Å². The maximum atomic E-state index is 6.85. The third kappa shape index (κ3) is 2.75. The molecule has 1 atom stereocenters. The summed E-state index contributed by atoms with van der Waals surface area (Å²) in [6.45, 7) is 17.8. The molecule has 112 valence electrons. The highest BCUT2D eigenvalue weighted by atomic mass is 29.6. The zero-order chi connectivity index (χ0) is 15.2. The Morgan fingerprint density at radius 1 is 1.00 bits per heavy atom. The first-order chi connectivity index (χ1) is 8.99. The van der Waals surface area contributed by atoms with Crippen LogP contribution in [0.25, 0.3) is 0 Å². The molecule has 0 bridgehead atoms. The molecule has 4 heteroatoms. The van der Waals surface area contributed by atoms with E-state index in [-0.39, 0.29) is 5.60 Å². The molecule has 0 saturated carbocycles. The molecule has 2 rings (SSSR count). The Labute approximate surface area is 127 Å². The molecular formula is C16H30OSi3. The molecule has 1 fully saturated rings. The van der Waals surface area contributed by atoms with Gasteiger partial charge in [0.2, 0.25) is 0 Å². The Morgan fingerprint density at radius 3 is 2.05 bits per heavy atom. The van der Waals surface area contributed by atoms with E-state index in [1.54, 1.807) is 0 Å². The quantitative estimate of drug-likeness (QED) is 0.711. The summed E-state index contributed by atoms with van der Waals surface area (Å²) in [4.78, 5) is 0. The van der Waals surface area contributed by atoms with Crippen molar-refractivity contribution < 1.29 is 4.43 Å². The van der Waals surface area contributed by atoms with Crippen LogP contribution >= 0.6 is 0 Å². The van der Waals surface area contributed by atoms with Gasteiger partial charge in [-0.1, -0.05) is 56.5 Å². The van der Waals surface area contributed by atoms with E-state index in [1.807, 2.05) is 0 Å². The number of hydrogen-bond donors (Lipinski definition) is 0. The lowest BCUT2D eigenvalue weighted by atomic mass is 9.99. The van der Waals surface area contributed by atoms with Gasteiger partial charge in [0.25, 0.3) is 0 Å². The predicted molar refractivity (Wildman–Crippen MR) is 96.9 cm³/mol. The summed E-state index contributed by atoms with van der Waals surface area (Å²) in [7, 11) is -3.91. The molecule has 0 radical (unpaired) electrons. The minimum atomic E-state index is -1.54. The number of hydrogen-bond acceptors (Lipinski definition) is 1. The first-order valence-electron chi connectivity index (χ1n) is 7.73. The molecule has 0 spiro atoms. The molecule has 1 heterocycles. The van der Waals surface area contributed by atoms with Crippen LogP contribution in [0.3, 0.4) is 0 Å². The Morgan fingerprint density at radius 2 is 1.55 bits per heavy atom. The lowest BCUT2D eigenvalue weighted by Crippen LogP contribution is -2.78. The second-order valence-electron chi connectivity index (χ2n) is 8.41. The topological polar surface area (TPSA) is 9.23 Å². The molecule has 1 aliphatic rings. The molecule has 1 unspecified atom stereocenters. The second kappa shape index (κ2) is 4.93. The molecular weight excluding hydrogens is 292 g/mol. The van der Waals surface area contributed by atoms with Crippen LogP contribution in [0.5, 0.6) is 0 Å². The molecule has 1 aromatic carbocycles. The van der Waals surface area contributed by atoms with E-state index in [4.69, 9.17) is 4.43 Å². The SMILES string of the molecule is CC1(Cc2ccccc2)C[Si](C)(C)[Si](C)(C)[Si](C)(C)O1. The van der Waals surface area contributed by atoms with Crippen molar-refractivity contribution >= 4 is 22.5 Å². The summed E-state index contributed by atoms with van der Waals surface area (Å²) in [6, 6.07) is 12.2. The highest BCUT2D eigenvalue weighted by Crippen LogP contribution is 2.45. The molecule has 0 aliphatic carbocycles. The third-order valence-corrected chi connectivity index (χ3v) is 46.5. The smallest absolute Gasteiger partial charge is 0.172 e. The van der Waals surface area contributed by atoms with Gasteiger partial charge in [0, 0.05) is 7.59 Å². The van der Waals surface area contributed by atoms with Gasteiger partial charge in [0.15, 0.2) is 7.83 Å². The fourth-order valence-electron chi connectivity index (χ4n) is 3.88. The minimum Gasteiger partial charge on any atom is -0.415 e. The van der Waals surface area contributed by atoms with E-state index in [1.165, 1.54) is 11.6 Å². The average Bonchev–Trinajstić information content (AvgIpc) is 2.25. The van der Waals surface area contributed by atoms with Crippen LogP contribution in [0.4, 0.5) is 0 Å². The van der Waals surface area contributed by atoms with Gasteiger partial charge in [0.05, 0.1) is 12.7 Å². The van der Waals surface area contributed by atoms with Crippen molar-refractivity contribution in [2.75, 3.05) is 0 Å². The van der Waals surface area contributed by atoms with Crippen LogP contribution in [0.1, 0.15) is 12.5 Å². The highest BCUT2D eigenvalue weighted by Gasteiger charge is 2.61. The summed E-state index contributed by atoms with van der Waals surface area (Å²) in [5, 5.41) is 0. The standard InChI is InChI=1S/C16H30OSi3/c1-16(13-15-11-9-8-10-12-15)14-18(2,3)20(6,7)19(4,5)17-16/h8-12H,13-14H2,1-7H3. The van der Waals surface area contributed by atoms with Crippen molar-refractivity contribution in [1.82, 2.24) is 0 Å². The fourth-order valence-corrected chi connectivity index (χ4v) is 34.6. The number of benzene rings is 1. The largest absolute Gasteiger partial charge is 0.415 e. The molecule has 1 aromatic rings. The summed E-state index contributed by atoms with van der Waals surface area (Å²) in [5.74, 6) is 0. The van der Waals surface area contributed by atoms with Crippen LogP contribution in [0.2, 0.25) is 45.3 Å². The molecule has 1 saturated heterocycles. The van der Waals surface area contributed by atoms with E-state index in [9.17, 15) is 0 Å². The van der Waals surface area contributed by atoms with Crippen molar-refractivity contribution in [3.63, 3.8) is 0 Å². The highest BCUT2D eigenvalue weighted by molar-refractivity contribution is 7.67. The maximum Gasteiger partial charge on any atom is 0.172 e. The molecule has 1 nitrogen and oxygen atoms in total. The van der Waals surface area contributed by atoms with Gasteiger partial charge in [-0.15, -0.1) is 0 Å². The summed E-state index contributed by atoms with van der Waals surface area (Å²) in [5.41, 5.74) is 1.49. The zero-order valence-electron chi connectivity index (χ0n) is 14.2. The van der Waals surface area contributed by atoms with E-state index in [0.29, 0.717) is 0 Å². The second-order valence-corrected chi connectivity index (χ2v) is 35.7. The fraction of sp³-hybridized carbons (Fsp3) is 0.625. The van der Waals surface area contributed by atoms with Crippen LogP contribution in [0.15, 0.2) is 30.3 Å². The Balaban J connectivity index is 2.31. The van der Waals surface area contributed by atoms with E-state index >= 15 is 0 Å². The molecule has 0 amide bonds. The van der Waals surface area contributed by atoms with Crippen molar-refractivity contribution in [2.45, 2.75) is 64.3 Å². The summed E-state index contributed by atoms with van der Waals surface area (Å²) in [6.07, 6.45) is 1.07. The zero-order valence-corrected chi connectivity index (χ0v) is 17.2. The lowest BCUT2D eigenvalue weighted by Gasteiger charge is -2.58. The van der Waals surface area contributed by atoms with Crippen molar-refractivity contribution in [3.05, 3.63) is 35.9 Å². The summed E-state index contributed by atoms with van der Waals surface area (Å²) < 4.78 is 6.85. The van der Waals surface area contributed by atoms with E-state index in [0.717, 1.165) is 6.42 Å².